The van der Waals surface area contributed by atoms with E-state index < -0.39 is 5.41 Å². The molecular weight excluding hydrogens is 328 g/mol. The largest absolute Gasteiger partial charge is 0.347 e. The molecule has 6 nitrogen and oxygen atoms in total. The molecule has 1 aromatic heterocycles. The Hall–Kier alpha value is -2.60. The number of Topliss-reactive ketones (excluding diaryl/α,β-unsaturated/α-hetero) is 1. The lowest BCUT2D eigenvalue weighted by Crippen LogP contribution is -2.47. The van der Waals surface area contributed by atoms with E-state index in [0.717, 1.165) is 17.8 Å². The minimum Gasteiger partial charge on any atom is -0.347 e. The van der Waals surface area contributed by atoms with Crippen molar-refractivity contribution in [2.75, 3.05) is 13.1 Å². The van der Waals surface area contributed by atoms with Crippen LogP contribution in [-0.2, 0) is 13.0 Å². The molecule has 0 spiro atoms. The first-order chi connectivity index (χ1) is 12.5. The molecule has 2 aliphatic heterocycles. The van der Waals surface area contributed by atoms with Crippen molar-refractivity contribution < 1.29 is 9.59 Å². The van der Waals surface area contributed by atoms with Crippen LogP contribution >= 0.6 is 0 Å². The van der Waals surface area contributed by atoms with Crippen LogP contribution in [0, 0.1) is 5.41 Å². The number of aryl methyl sites for hydroxylation is 1. The minimum absolute atomic E-state index is 0.0385. The van der Waals surface area contributed by atoms with Crippen molar-refractivity contribution in [3.63, 3.8) is 0 Å². The number of rotatable bonds is 3. The molecule has 3 heterocycles. The Kier molecular flexibility index (Phi) is 4.07. The van der Waals surface area contributed by atoms with Crippen molar-refractivity contribution in [1.29, 1.82) is 0 Å². The summed E-state index contributed by atoms with van der Waals surface area (Å²) in [7, 11) is 0. The zero-order valence-electron chi connectivity index (χ0n) is 15.0. The fourth-order valence-electron chi connectivity index (χ4n) is 3.98. The van der Waals surface area contributed by atoms with Gasteiger partial charge in [-0.1, -0.05) is 25.1 Å². The molecule has 0 aliphatic carbocycles. The number of likely N-dealkylation sites (tertiary alicyclic amines) is 1. The lowest BCUT2D eigenvalue weighted by molar-refractivity contribution is 0.0789. The van der Waals surface area contributed by atoms with Gasteiger partial charge >= 0.3 is 0 Å². The number of benzene rings is 1. The molecule has 1 amide bonds. The van der Waals surface area contributed by atoms with Crippen LogP contribution < -0.4 is 5.32 Å². The second-order valence-corrected chi connectivity index (χ2v) is 7.35. The molecule has 0 unspecified atom stereocenters. The topological polar surface area (TPSA) is 75.2 Å². The van der Waals surface area contributed by atoms with Gasteiger partial charge in [0.25, 0.3) is 5.91 Å². The Morgan fingerprint density at radius 2 is 1.88 bits per heavy atom. The molecule has 4 rings (SSSR count). The fourth-order valence-corrected chi connectivity index (χ4v) is 3.98. The van der Waals surface area contributed by atoms with Crippen molar-refractivity contribution >= 4 is 11.7 Å². The van der Waals surface area contributed by atoms with Gasteiger partial charge in [-0.05, 0) is 13.0 Å². The molecule has 1 aromatic carbocycles. The summed E-state index contributed by atoms with van der Waals surface area (Å²) in [5.41, 5.74) is 1.38. The first-order valence-electron chi connectivity index (χ1n) is 8.98. The number of hydrogen-bond donors (Lipinski definition) is 1. The average Bonchev–Trinajstić information content (AvgIpc) is 2.94. The highest BCUT2D eigenvalue weighted by Crippen LogP contribution is 2.37. The van der Waals surface area contributed by atoms with E-state index in [1.165, 1.54) is 0 Å². The second kappa shape index (κ2) is 6.29. The highest BCUT2D eigenvalue weighted by Gasteiger charge is 2.51. The molecule has 0 radical (unpaired) electrons. The van der Waals surface area contributed by atoms with Crippen molar-refractivity contribution in [3.8, 4) is 0 Å². The van der Waals surface area contributed by atoms with Crippen LogP contribution in [0.1, 0.15) is 46.0 Å². The monoisotopic (exact) mass is 350 g/mol. The third-order valence-corrected chi connectivity index (χ3v) is 5.48. The Morgan fingerprint density at radius 3 is 2.58 bits per heavy atom. The van der Waals surface area contributed by atoms with E-state index >= 15 is 0 Å². The third kappa shape index (κ3) is 2.70. The Balaban J connectivity index is 1.59. The summed E-state index contributed by atoms with van der Waals surface area (Å²) in [6.07, 6.45) is 4.50. The van der Waals surface area contributed by atoms with E-state index in [4.69, 9.17) is 0 Å². The molecule has 1 saturated heterocycles. The molecule has 2 atom stereocenters. The van der Waals surface area contributed by atoms with Crippen LogP contribution in [0.3, 0.4) is 0 Å². The normalized spacial score (nSPS) is 25.4. The number of fused-ring (bicyclic) bond motifs is 2. The van der Waals surface area contributed by atoms with Crippen LogP contribution in [0.4, 0.5) is 0 Å². The summed E-state index contributed by atoms with van der Waals surface area (Å²) >= 11 is 0. The molecule has 0 saturated carbocycles. The first kappa shape index (κ1) is 16.8. The SMILES string of the molecule is CCc1ncc(CN2C[C@H]3NC(=O)c4ccccc4C(=O)[C@@]3(C)C2)cn1. The Morgan fingerprint density at radius 1 is 1.19 bits per heavy atom. The summed E-state index contributed by atoms with van der Waals surface area (Å²) in [5, 5.41) is 3.07. The van der Waals surface area contributed by atoms with Gasteiger partial charge < -0.3 is 5.32 Å². The van der Waals surface area contributed by atoms with E-state index in [2.05, 4.69) is 20.2 Å². The molecule has 2 aliphatic rings. The number of hydrogen-bond acceptors (Lipinski definition) is 5. The minimum atomic E-state index is -0.632. The molecule has 134 valence electrons. The summed E-state index contributed by atoms with van der Waals surface area (Å²) in [6, 6.07) is 6.88. The van der Waals surface area contributed by atoms with Gasteiger partial charge in [0.15, 0.2) is 5.78 Å². The zero-order valence-corrected chi connectivity index (χ0v) is 15.0. The van der Waals surface area contributed by atoms with Crippen molar-refractivity contribution in [2.24, 2.45) is 5.41 Å². The van der Waals surface area contributed by atoms with Crippen molar-refractivity contribution in [3.05, 3.63) is 59.2 Å². The van der Waals surface area contributed by atoms with E-state index in [-0.39, 0.29) is 17.7 Å². The van der Waals surface area contributed by atoms with Gasteiger partial charge in [-0.2, -0.15) is 0 Å². The zero-order chi connectivity index (χ0) is 18.3. The average molecular weight is 350 g/mol. The highest BCUT2D eigenvalue weighted by atomic mass is 16.2. The lowest BCUT2D eigenvalue weighted by Gasteiger charge is -2.27. The maximum absolute atomic E-state index is 13.2. The van der Waals surface area contributed by atoms with Gasteiger partial charge in [0.2, 0.25) is 0 Å². The number of ketones is 1. The predicted molar refractivity (Wildman–Crippen MR) is 96.8 cm³/mol. The number of aromatic nitrogens is 2. The van der Waals surface area contributed by atoms with Crippen molar-refractivity contribution in [2.45, 2.75) is 32.9 Å². The molecule has 2 aromatic rings. The number of nitrogens with one attached hydrogen (secondary N) is 1. The standard InChI is InChI=1S/C20H22N4O2/c1-3-17-21-8-13(9-22-17)10-24-11-16-20(2,12-24)18(25)14-6-4-5-7-15(14)19(26)23-16/h4-9,16H,3,10-12H2,1-2H3,(H,23,26)/t16-,20+/m1/s1. The van der Waals surface area contributed by atoms with Crippen LogP contribution in [0.2, 0.25) is 0 Å². The maximum atomic E-state index is 13.2. The molecular formula is C20H22N4O2. The number of carbonyl (C=O) groups is 2. The summed E-state index contributed by atoms with van der Waals surface area (Å²) in [4.78, 5) is 36.7. The Labute approximate surface area is 152 Å². The van der Waals surface area contributed by atoms with Crippen LogP contribution in [0.25, 0.3) is 0 Å². The predicted octanol–water partition coefficient (Wildman–Crippen LogP) is 1.86. The Bertz CT molecular complexity index is 864. The number of nitrogens with zero attached hydrogens (tertiary/aromatic N) is 3. The quantitative estimate of drug-likeness (QED) is 0.914. The first-order valence-corrected chi connectivity index (χ1v) is 8.98. The summed E-state index contributed by atoms with van der Waals surface area (Å²) in [6.45, 7) is 5.88. The third-order valence-electron chi connectivity index (χ3n) is 5.48. The van der Waals surface area contributed by atoms with Gasteiger partial charge in [-0.3, -0.25) is 14.5 Å². The highest BCUT2D eigenvalue weighted by molar-refractivity contribution is 6.12. The molecule has 6 heteroatoms. The van der Waals surface area contributed by atoms with Crippen LogP contribution in [-0.4, -0.2) is 45.7 Å². The molecule has 1 fully saturated rings. The maximum Gasteiger partial charge on any atom is 0.252 e. The van der Waals surface area contributed by atoms with Gasteiger partial charge in [0, 0.05) is 49.6 Å². The van der Waals surface area contributed by atoms with Gasteiger partial charge in [-0.25, -0.2) is 9.97 Å². The smallest absolute Gasteiger partial charge is 0.252 e. The molecule has 0 bridgehead atoms. The second-order valence-electron chi connectivity index (χ2n) is 7.35. The van der Waals surface area contributed by atoms with Crippen molar-refractivity contribution in [1.82, 2.24) is 20.2 Å². The van der Waals surface area contributed by atoms with E-state index in [0.29, 0.717) is 30.8 Å². The van der Waals surface area contributed by atoms with E-state index in [9.17, 15) is 9.59 Å². The van der Waals surface area contributed by atoms with Crippen LogP contribution in [0.5, 0.6) is 0 Å². The summed E-state index contributed by atoms with van der Waals surface area (Å²) in [5.74, 6) is 0.697. The van der Waals surface area contributed by atoms with Gasteiger partial charge in [-0.15, -0.1) is 0 Å². The molecule has 1 N–H and O–H groups in total. The number of amides is 1. The lowest BCUT2D eigenvalue weighted by atomic mass is 9.78. The number of carbonyl (C=O) groups excluding carboxylic acids is 2. The van der Waals surface area contributed by atoms with E-state index in [1.54, 1.807) is 18.2 Å². The van der Waals surface area contributed by atoms with Crippen LogP contribution in [0.15, 0.2) is 36.7 Å². The molecule has 26 heavy (non-hydrogen) atoms. The van der Waals surface area contributed by atoms with Gasteiger partial charge in [0.05, 0.1) is 17.0 Å². The van der Waals surface area contributed by atoms with Gasteiger partial charge in [0.1, 0.15) is 5.82 Å². The fraction of sp³-hybridized carbons (Fsp3) is 0.400. The summed E-state index contributed by atoms with van der Waals surface area (Å²) < 4.78 is 0. The van der Waals surface area contributed by atoms with E-state index in [1.807, 2.05) is 32.3 Å².